The van der Waals surface area contributed by atoms with Crippen LogP contribution in [0.5, 0.6) is 0 Å². The van der Waals surface area contributed by atoms with E-state index in [0.29, 0.717) is 12.0 Å². The molecule has 136 valence electrons. The van der Waals surface area contributed by atoms with E-state index in [9.17, 15) is 0 Å². The number of nitrogens with zero attached hydrogens (tertiary/aromatic N) is 2. The van der Waals surface area contributed by atoms with Gasteiger partial charge >= 0.3 is 0 Å². The van der Waals surface area contributed by atoms with Gasteiger partial charge in [0.05, 0.1) is 0 Å². The van der Waals surface area contributed by atoms with Gasteiger partial charge < -0.3 is 10.6 Å². The number of rotatable bonds is 8. The summed E-state index contributed by atoms with van der Waals surface area (Å²) < 4.78 is 0. The van der Waals surface area contributed by atoms with Gasteiger partial charge in [-0.2, -0.15) is 11.8 Å². The molecule has 0 aromatic carbocycles. The van der Waals surface area contributed by atoms with Crippen molar-refractivity contribution in [2.24, 2.45) is 10.9 Å². The van der Waals surface area contributed by atoms with Crippen molar-refractivity contribution in [3.63, 3.8) is 0 Å². The summed E-state index contributed by atoms with van der Waals surface area (Å²) in [5, 5.41) is 9.19. The molecule has 1 saturated heterocycles. The smallest absolute Gasteiger partial charge is 0.190 e. The SMILES string of the molecule is CN=C(NCCCCSC)NCC1CCCN(C)C1c1cccs1. The number of piperidine rings is 1. The van der Waals surface area contributed by atoms with Crippen molar-refractivity contribution in [2.45, 2.75) is 31.7 Å². The van der Waals surface area contributed by atoms with Gasteiger partial charge in [-0.3, -0.25) is 9.89 Å². The third kappa shape index (κ3) is 5.97. The second-order valence-corrected chi connectivity index (χ2v) is 8.39. The van der Waals surface area contributed by atoms with Crippen molar-refractivity contribution in [2.75, 3.05) is 45.7 Å². The Morgan fingerprint density at radius 3 is 3.00 bits per heavy atom. The number of guanidine groups is 1. The monoisotopic (exact) mass is 368 g/mol. The summed E-state index contributed by atoms with van der Waals surface area (Å²) in [6, 6.07) is 4.98. The van der Waals surface area contributed by atoms with Crippen LogP contribution in [0.3, 0.4) is 0 Å². The molecule has 0 saturated carbocycles. The Morgan fingerprint density at radius 2 is 2.29 bits per heavy atom. The van der Waals surface area contributed by atoms with Crippen molar-refractivity contribution in [1.29, 1.82) is 0 Å². The summed E-state index contributed by atoms with van der Waals surface area (Å²) in [4.78, 5) is 8.38. The second kappa shape index (κ2) is 11.0. The quantitative estimate of drug-likeness (QED) is 0.419. The molecule has 6 heteroatoms. The molecule has 2 unspecified atom stereocenters. The van der Waals surface area contributed by atoms with Gasteiger partial charge in [0.2, 0.25) is 0 Å². The van der Waals surface area contributed by atoms with Crippen molar-refractivity contribution < 1.29 is 0 Å². The first kappa shape index (κ1) is 19.6. The van der Waals surface area contributed by atoms with Gasteiger partial charge in [0, 0.05) is 31.1 Å². The van der Waals surface area contributed by atoms with E-state index in [1.165, 1.54) is 42.9 Å². The Labute approximate surface area is 155 Å². The molecule has 2 rings (SSSR count). The summed E-state index contributed by atoms with van der Waals surface area (Å²) in [5.41, 5.74) is 0. The lowest BCUT2D eigenvalue weighted by Crippen LogP contribution is -2.45. The van der Waals surface area contributed by atoms with Crippen LogP contribution in [0.2, 0.25) is 0 Å². The summed E-state index contributed by atoms with van der Waals surface area (Å²) in [6.45, 7) is 3.18. The van der Waals surface area contributed by atoms with E-state index in [2.05, 4.69) is 51.3 Å². The number of hydrogen-bond donors (Lipinski definition) is 2. The number of hydrogen-bond acceptors (Lipinski definition) is 4. The molecular weight excluding hydrogens is 336 g/mol. The first-order chi connectivity index (χ1) is 11.8. The standard InChI is InChI=1S/C18H32N4S2/c1-19-18(20-10-4-5-12-23-3)21-14-15-8-6-11-22(2)17(15)16-9-7-13-24-16/h7,9,13,15,17H,4-6,8,10-12,14H2,1-3H3,(H2,19,20,21). The van der Waals surface area contributed by atoms with Crippen molar-refractivity contribution in [3.05, 3.63) is 22.4 Å². The normalized spacial score (nSPS) is 22.5. The average molecular weight is 369 g/mol. The summed E-state index contributed by atoms with van der Waals surface area (Å²) in [6.07, 6.45) is 7.19. The van der Waals surface area contributed by atoms with Crippen LogP contribution >= 0.6 is 23.1 Å². The predicted octanol–water partition coefficient (Wildman–Crippen LogP) is 3.44. The van der Waals surface area contributed by atoms with Gasteiger partial charge in [0.1, 0.15) is 0 Å². The zero-order valence-corrected chi connectivity index (χ0v) is 16.9. The molecule has 1 aromatic heterocycles. The Bertz CT molecular complexity index is 475. The van der Waals surface area contributed by atoms with Crippen LogP contribution in [0.25, 0.3) is 0 Å². The van der Waals surface area contributed by atoms with Gasteiger partial charge in [0.15, 0.2) is 5.96 Å². The number of unbranched alkanes of at least 4 members (excludes halogenated alkanes) is 1. The van der Waals surface area contributed by atoms with E-state index in [-0.39, 0.29) is 0 Å². The molecule has 4 nitrogen and oxygen atoms in total. The molecule has 1 aliphatic heterocycles. The highest BCUT2D eigenvalue weighted by Gasteiger charge is 2.31. The highest BCUT2D eigenvalue weighted by Crippen LogP contribution is 2.36. The van der Waals surface area contributed by atoms with Crippen molar-refractivity contribution >= 4 is 29.1 Å². The average Bonchev–Trinajstić information content (AvgIpc) is 3.11. The molecule has 0 spiro atoms. The number of thiophene rings is 1. The lowest BCUT2D eigenvalue weighted by atomic mass is 9.88. The van der Waals surface area contributed by atoms with Gasteiger partial charge in [-0.25, -0.2) is 0 Å². The van der Waals surface area contributed by atoms with E-state index in [1.54, 1.807) is 0 Å². The Hall–Kier alpha value is -0.720. The Balaban J connectivity index is 1.81. The minimum Gasteiger partial charge on any atom is -0.356 e. The van der Waals surface area contributed by atoms with Gasteiger partial charge in [-0.1, -0.05) is 6.07 Å². The van der Waals surface area contributed by atoms with Crippen LogP contribution in [-0.4, -0.2) is 56.6 Å². The third-order valence-electron chi connectivity index (χ3n) is 4.66. The summed E-state index contributed by atoms with van der Waals surface area (Å²) >= 11 is 3.80. The molecule has 2 heterocycles. The molecular formula is C18H32N4S2. The molecule has 1 aromatic rings. The number of aliphatic imine (C=N–C) groups is 1. The van der Waals surface area contributed by atoms with E-state index in [1.807, 2.05) is 30.1 Å². The summed E-state index contributed by atoms with van der Waals surface area (Å²) in [5.74, 6) is 2.82. The summed E-state index contributed by atoms with van der Waals surface area (Å²) in [7, 11) is 4.12. The number of nitrogens with one attached hydrogen (secondary N) is 2. The molecule has 0 bridgehead atoms. The van der Waals surface area contributed by atoms with Crippen LogP contribution in [0, 0.1) is 5.92 Å². The Morgan fingerprint density at radius 1 is 1.42 bits per heavy atom. The van der Waals surface area contributed by atoms with Crippen molar-refractivity contribution in [1.82, 2.24) is 15.5 Å². The van der Waals surface area contributed by atoms with E-state index < -0.39 is 0 Å². The fourth-order valence-corrected chi connectivity index (χ4v) is 4.89. The lowest BCUT2D eigenvalue weighted by molar-refractivity contribution is 0.125. The topological polar surface area (TPSA) is 39.7 Å². The fourth-order valence-electron chi connectivity index (χ4n) is 3.41. The molecule has 1 fully saturated rings. The van der Waals surface area contributed by atoms with Crippen molar-refractivity contribution in [3.8, 4) is 0 Å². The lowest BCUT2D eigenvalue weighted by Gasteiger charge is -2.39. The number of thioether (sulfide) groups is 1. The minimum absolute atomic E-state index is 0.533. The van der Waals surface area contributed by atoms with E-state index in [0.717, 1.165) is 19.0 Å². The fraction of sp³-hybridized carbons (Fsp3) is 0.722. The predicted molar refractivity (Wildman–Crippen MR) is 109 cm³/mol. The van der Waals surface area contributed by atoms with Gasteiger partial charge in [-0.15, -0.1) is 11.3 Å². The first-order valence-corrected chi connectivity index (χ1v) is 11.2. The zero-order valence-electron chi connectivity index (χ0n) is 15.3. The van der Waals surface area contributed by atoms with Gasteiger partial charge in [-0.05, 0) is 68.6 Å². The van der Waals surface area contributed by atoms with Gasteiger partial charge in [0.25, 0.3) is 0 Å². The van der Waals surface area contributed by atoms with Crippen LogP contribution in [0.4, 0.5) is 0 Å². The maximum Gasteiger partial charge on any atom is 0.190 e. The molecule has 0 amide bonds. The highest BCUT2D eigenvalue weighted by molar-refractivity contribution is 7.98. The molecule has 1 aliphatic rings. The number of likely N-dealkylation sites (tertiary alicyclic amines) is 1. The van der Waals surface area contributed by atoms with E-state index >= 15 is 0 Å². The maximum atomic E-state index is 4.38. The second-order valence-electron chi connectivity index (χ2n) is 6.42. The molecule has 0 aliphatic carbocycles. The largest absolute Gasteiger partial charge is 0.356 e. The zero-order chi connectivity index (χ0) is 17.2. The Kier molecular flexibility index (Phi) is 8.99. The minimum atomic E-state index is 0.533. The molecule has 2 N–H and O–H groups in total. The molecule has 24 heavy (non-hydrogen) atoms. The van der Waals surface area contributed by atoms with Crippen LogP contribution in [-0.2, 0) is 0 Å². The molecule has 2 atom stereocenters. The van der Waals surface area contributed by atoms with Crippen LogP contribution < -0.4 is 10.6 Å². The first-order valence-electron chi connectivity index (χ1n) is 8.93. The maximum absolute atomic E-state index is 4.38. The van der Waals surface area contributed by atoms with E-state index in [4.69, 9.17) is 0 Å². The third-order valence-corrected chi connectivity index (χ3v) is 6.30. The van der Waals surface area contributed by atoms with Crippen LogP contribution in [0.1, 0.15) is 36.6 Å². The van der Waals surface area contributed by atoms with Crippen LogP contribution in [0.15, 0.2) is 22.5 Å². The molecule has 0 radical (unpaired) electrons. The highest BCUT2D eigenvalue weighted by atomic mass is 32.2.